The number of benzene rings is 1. The summed E-state index contributed by atoms with van der Waals surface area (Å²) in [6.45, 7) is 4.28. The van der Waals surface area contributed by atoms with Crippen LogP contribution in [0.2, 0.25) is 5.02 Å². The van der Waals surface area contributed by atoms with Crippen LogP contribution in [-0.2, 0) is 17.9 Å². The third-order valence-corrected chi connectivity index (χ3v) is 6.69. The van der Waals surface area contributed by atoms with Crippen molar-refractivity contribution in [2.24, 2.45) is 0 Å². The zero-order valence-corrected chi connectivity index (χ0v) is 20.2. The molecule has 3 aromatic heterocycles. The first-order valence-electron chi connectivity index (χ1n) is 11.4. The summed E-state index contributed by atoms with van der Waals surface area (Å²) in [5.74, 6) is -0.206. The zero-order chi connectivity index (χ0) is 25.4. The number of carbonyl (C=O) groups excluding carboxylic acids is 1. The fourth-order valence-electron chi connectivity index (χ4n) is 4.49. The molecule has 1 aliphatic heterocycles. The van der Waals surface area contributed by atoms with Gasteiger partial charge in [0.1, 0.15) is 18.1 Å². The number of halogens is 4. The first-order valence-corrected chi connectivity index (χ1v) is 11.8. The fourth-order valence-corrected chi connectivity index (χ4v) is 4.72. The van der Waals surface area contributed by atoms with Crippen LogP contribution in [-0.4, -0.2) is 56.7 Å². The predicted octanol–water partition coefficient (Wildman–Crippen LogP) is 5.07. The second-order valence-corrected chi connectivity index (χ2v) is 9.12. The van der Waals surface area contributed by atoms with Crippen LogP contribution in [0.15, 0.2) is 47.1 Å². The first kappa shape index (κ1) is 24.3. The van der Waals surface area contributed by atoms with Crippen LogP contribution in [0.5, 0.6) is 0 Å². The molecule has 7 nitrogen and oxygen atoms in total. The molecule has 1 saturated heterocycles. The summed E-state index contributed by atoms with van der Waals surface area (Å²) in [5, 5.41) is 4.98. The second kappa shape index (κ2) is 9.94. The van der Waals surface area contributed by atoms with Gasteiger partial charge in [0.2, 0.25) is 5.91 Å². The molecule has 4 aromatic rings. The van der Waals surface area contributed by atoms with Gasteiger partial charge in [0.25, 0.3) is 6.43 Å². The Morgan fingerprint density at radius 2 is 1.94 bits per heavy atom. The summed E-state index contributed by atoms with van der Waals surface area (Å²) in [4.78, 5) is 21.5. The number of fused-ring (bicyclic) bond motifs is 1. The molecule has 188 valence electrons. The summed E-state index contributed by atoms with van der Waals surface area (Å²) in [5.41, 5.74) is 1.48. The molecule has 1 aliphatic rings. The second-order valence-electron chi connectivity index (χ2n) is 8.71. The Kier molecular flexibility index (Phi) is 6.72. The predicted molar refractivity (Wildman–Crippen MR) is 128 cm³/mol. The molecule has 0 spiro atoms. The SMILES string of the molecule is Cc1nn(CC(=O)N2CCN(Cc3ccc(F)cc3Cl)CC2)c2nc(-c3ccco3)cc(C(F)F)c12. The van der Waals surface area contributed by atoms with Crippen molar-refractivity contribution in [1.29, 1.82) is 0 Å². The van der Waals surface area contributed by atoms with E-state index in [4.69, 9.17) is 16.0 Å². The molecule has 1 amide bonds. The highest BCUT2D eigenvalue weighted by atomic mass is 35.5. The Hall–Kier alpha value is -3.37. The zero-order valence-electron chi connectivity index (χ0n) is 19.4. The van der Waals surface area contributed by atoms with Crippen LogP contribution < -0.4 is 0 Å². The third kappa shape index (κ3) is 4.83. The molecular weight excluding hydrogens is 495 g/mol. The Labute approximate surface area is 210 Å². The van der Waals surface area contributed by atoms with E-state index in [2.05, 4.69) is 15.0 Å². The van der Waals surface area contributed by atoms with Crippen molar-refractivity contribution in [3.8, 4) is 11.5 Å². The number of alkyl halides is 2. The number of furan rings is 1. The lowest BCUT2D eigenvalue weighted by Crippen LogP contribution is -2.49. The molecule has 36 heavy (non-hydrogen) atoms. The van der Waals surface area contributed by atoms with Gasteiger partial charge in [-0.2, -0.15) is 5.10 Å². The van der Waals surface area contributed by atoms with E-state index < -0.39 is 6.43 Å². The lowest BCUT2D eigenvalue weighted by atomic mass is 10.1. The summed E-state index contributed by atoms with van der Waals surface area (Å²) < 4.78 is 47.8. The average molecular weight is 518 g/mol. The number of hydrogen-bond acceptors (Lipinski definition) is 5. The summed E-state index contributed by atoms with van der Waals surface area (Å²) >= 11 is 6.14. The molecule has 0 saturated carbocycles. The van der Waals surface area contributed by atoms with Crippen molar-refractivity contribution in [2.45, 2.75) is 26.4 Å². The number of piperazine rings is 1. The molecule has 0 bridgehead atoms. The minimum Gasteiger partial charge on any atom is -0.463 e. The normalized spacial score (nSPS) is 14.8. The van der Waals surface area contributed by atoms with E-state index in [1.54, 1.807) is 30.0 Å². The first-order chi connectivity index (χ1) is 17.3. The topological polar surface area (TPSA) is 67.4 Å². The number of rotatable bonds is 6. The molecule has 0 radical (unpaired) electrons. The van der Waals surface area contributed by atoms with Gasteiger partial charge in [-0.05, 0) is 42.8 Å². The minimum atomic E-state index is -2.74. The maximum Gasteiger partial charge on any atom is 0.264 e. The van der Waals surface area contributed by atoms with Gasteiger partial charge in [-0.3, -0.25) is 9.69 Å². The van der Waals surface area contributed by atoms with Crippen molar-refractivity contribution in [1.82, 2.24) is 24.6 Å². The largest absolute Gasteiger partial charge is 0.463 e. The maximum absolute atomic E-state index is 13.9. The summed E-state index contributed by atoms with van der Waals surface area (Å²) in [6, 6.07) is 8.93. The molecule has 0 unspecified atom stereocenters. The minimum absolute atomic E-state index is 0.120. The van der Waals surface area contributed by atoms with Crippen molar-refractivity contribution in [2.75, 3.05) is 26.2 Å². The van der Waals surface area contributed by atoms with Gasteiger partial charge in [0.05, 0.1) is 17.3 Å². The number of aryl methyl sites for hydroxylation is 1. The van der Waals surface area contributed by atoms with Crippen molar-refractivity contribution in [3.63, 3.8) is 0 Å². The highest BCUT2D eigenvalue weighted by molar-refractivity contribution is 6.31. The van der Waals surface area contributed by atoms with Gasteiger partial charge in [-0.25, -0.2) is 22.8 Å². The van der Waals surface area contributed by atoms with Gasteiger partial charge in [0, 0.05) is 43.3 Å². The fraction of sp³-hybridized carbons (Fsp3) is 0.320. The highest BCUT2D eigenvalue weighted by Crippen LogP contribution is 2.33. The van der Waals surface area contributed by atoms with Crippen LogP contribution in [0, 0.1) is 12.7 Å². The van der Waals surface area contributed by atoms with Crippen LogP contribution in [0.1, 0.15) is 23.2 Å². The Morgan fingerprint density at radius 3 is 2.61 bits per heavy atom. The lowest BCUT2D eigenvalue weighted by Gasteiger charge is -2.35. The molecular formula is C25H23ClF3N5O2. The van der Waals surface area contributed by atoms with E-state index in [0.29, 0.717) is 49.2 Å². The van der Waals surface area contributed by atoms with Crippen molar-refractivity contribution < 1.29 is 22.4 Å². The Morgan fingerprint density at radius 1 is 1.17 bits per heavy atom. The van der Waals surface area contributed by atoms with E-state index in [-0.39, 0.29) is 40.6 Å². The van der Waals surface area contributed by atoms with Crippen molar-refractivity contribution in [3.05, 3.63) is 70.3 Å². The molecule has 4 heterocycles. The molecule has 1 aromatic carbocycles. The molecule has 0 atom stereocenters. The van der Waals surface area contributed by atoms with Crippen molar-refractivity contribution >= 4 is 28.5 Å². The van der Waals surface area contributed by atoms with E-state index in [1.165, 1.54) is 29.1 Å². The van der Waals surface area contributed by atoms with E-state index in [1.807, 2.05) is 0 Å². The number of pyridine rings is 1. The van der Waals surface area contributed by atoms with E-state index in [0.717, 1.165) is 5.56 Å². The maximum atomic E-state index is 13.9. The Bertz CT molecular complexity index is 1400. The highest BCUT2D eigenvalue weighted by Gasteiger charge is 2.26. The number of amides is 1. The van der Waals surface area contributed by atoms with Crippen LogP contribution in [0.3, 0.4) is 0 Å². The number of carbonyl (C=O) groups is 1. The Balaban J connectivity index is 1.32. The van der Waals surface area contributed by atoms with E-state index >= 15 is 0 Å². The number of aromatic nitrogens is 3. The average Bonchev–Trinajstić information content (AvgIpc) is 3.49. The quantitative estimate of drug-likeness (QED) is 0.357. The van der Waals surface area contributed by atoms with Gasteiger partial charge in [-0.15, -0.1) is 0 Å². The van der Waals surface area contributed by atoms with Gasteiger partial charge < -0.3 is 9.32 Å². The third-order valence-electron chi connectivity index (χ3n) is 6.34. The van der Waals surface area contributed by atoms with Crippen LogP contribution in [0.25, 0.3) is 22.5 Å². The van der Waals surface area contributed by atoms with Gasteiger partial charge >= 0.3 is 0 Å². The summed E-state index contributed by atoms with van der Waals surface area (Å²) in [6.07, 6.45) is -1.29. The molecule has 5 rings (SSSR count). The van der Waals surface area contributed by atoms with Crippen LogP contribution in [0.4, 0.5) is 13.2 Å². The van der Waals surface area contributed by atoms with Gasteiger partial charge in [0.15, 0.2) is 11.4 Å². The molecule has 0 N–H and O–H groups in total. The standard InChI is InChI=1S/C25H23ClF3N5O2/c1-15-23-18(24(28)29)12-20(21-3-2-10-36-21)30-25(23)34(31-15)14-22(35)33-8-6-32(7-9-33)13-16-4-5-17(27)11-19(16)26/h2-5,10-12,24H,6-9,13-14H2,1H3. The smallest absolute Gasteiger partial charge is 0.264 e. The number of nitrogens with zero attached hydrogens (tertiary/aromatic N) is 5. The lowest BCUT2D eigenvalue weighted by molar-refractivity contribution is -0.133. The van der Waals surface area contributed by atoms with Crippen LogP contribution >= 0.6 is 11.6 Å². The van der Waals surface area contributed by atoms with Gasteiger partial charge in [-0.1, -0.05) is 17.7 Å². The molecule has 0 aliphatic carbocycles. The van der Waals surface area contributed by atoms with E-state index in [9.17, 15) is 18.0 Å². The number of hydrogen-bond donors (Lipinski definition) is 0. The molecule has 11 heteroatoms. The molecule has 1 fully saturated rings. The summed E-state index contributed by atoms with van der Waals surface area (Å²) in [7, 11) is 0. The monoisotopic (exact) mass is 517 g/mol.